The molecule has 0 unspecified atom stereocenters. The molecule has 1 N–H and O–H groups in total. The molecular weight excluding hydrogens is 246 g/mol. The number of rotatable bonds is 7. The molecule has 2 nitrogen and oxygen atoms in total. The van der Waals surface area contributed by atoms with Gasteiger partial charge in [0.25, 0.3) is 0 Å². The molecule has 20 heavy (non-hydrogen) atoms. The largest absolute Gasteiger partial charge is 0.490 e. The predicted molar refractivity (Wildman–Crippen MR) is 83.8 cm³/mol. The Morgan fingerprint density at radius 2 is 1.95 bits per heavy atom. The Bertz CT molecular complexity index is 536. The molecule has 0 aliphatic carbocycles. The molecule has 0 amide bonds. The summed E-state index contributed by atoms with van der Waals surface area (Å²) in [7, 11) is 0. The van der Waals surface area contributed by atoms with Gasteiger partial charge in [-0.15, -0.1) is 0 Å². The van der Waals surface area contributed by atoms with E-state index < -0.39 is 0 Å². The maximum Gasteiger partial charge on any atom is 0.120 e. The molecule has 2 aromatic carbocycles. The molecule has 0 heterocycles. The van der Waals surface area contributed by atoms with Crippen molar-refractivity contribution in [2.75, 3.05) is 6.61 Å². The van der Waals surface area contributed by atoms with Gasteiger partial charge in [-0.2, -0.15) is 0 Å². The summed E-state index contributed by atoms with van der Waals surface area (Å²) >= 11 is 0. The molecule has 2 rings (SSSR count). The molecule has 0 aromatic heterocycles. The van der Waals surface area contributed by atoms with Gasteiger partial charge in [0.1, 0.15) is 12.4 Å². The highest BCUT2D eigenvalue weighted by molar-refractivity contribution is 5.29. The molecule has 0 fully saturated rings. The van der Waals surface area contributed by atoms with Crippen LogP contribution in [-0.4, -0.2) is 6.61 Å². The van der Waals surface area contributed by atoms with Crippen molar-refractivity contribution in [1.29, 1.82) is 0 Å². The van der Waals surface area contributed by atoms with E-state index in [0.717, 1.165) is 12.3 Å². The minimum Gasteiger partial charge on any atom is -0.490 e. The average molecular weight is 267 g/mol. The Labute approximate surface area is 121 Å². The first kappa shape index (κ1) is 14.4. The normalized spacial score (nSPS) is 11.8. The summed E-state index contributed by atoms with van der Waals surface area (Å²) in [5.41, 5.74) is 2.51. The van der Waals surface area contributed by atoms with Crippen LogP contribution in [0.3, 0.4) is 0 Å². The zero-order chi connectivity index (χ0) is 14.2. The number of ether oxygens (including phenoxy) is 1. The molecule has 2 aromatic rings. The van der Waals surface area contributed by atoms with Gasteiger partial charge in [0.05, 0.1) is 0 Å². The van der Waals surface area contributed by atoms with Gasteiger partial charge in [0, 0.05) is 12.6 Å². The summed E-state index contributed by atoms with van der Waals surface area (Å²) < 4.78 is 5.54. The highest BCUT2D eigenvalue weighted by atomic mass is 16.5. The van der Waals surface area contributed by atoms with Gasteiger partial charge in [-0.25, -0.2) is 0 Å². The SMILES string of the molecule is C=CCOc1cccc(CN[C@H](C)c2ccccc2)c1. The van der Waals surface area contributed by atoms with Crippen molar-refractivity contribution in [2.45, 2.75) is 19.5 Å². The minimum absolute atomic E-state index is 0.328. The van der Waals surface area contributed by atoms with Crippen LogP contribution in [0.5, 0.6) is 5.75 Å². The Morgan fingerprint density at radius 1 is 1.15 bits per heavy atom. The standard InChI is InChI=1S/C18H21NO/c1-3-12-20-18-11-7-8-16(13-18)14-19-15(2)17-9-5-4-6-10-17/h3-11,13,15,19H,1,12,14H2,2H3/t15-/m1/s1. The van der Waals surface area contributed by atoms with E-state index in [1.165, 1.54) is 11.1 Å². The van der Waals surface area contributed by atoms with Gasteiger partial charge in [-0.1, -0.05) is 55.1 Å². The highest BCUT2D eigenvalue weighted by Crippen LogP contribution is 2.16. The molecule has 0 saturated heterocycles. The van der Waals surface area contributed by atoms with Crippen molar-refractivity contribution in [3.63, 3.8) is 0 Å². The smallest absolute Gasteiger partial charge is 0.120 e. The van der Waals surface area contributed by atoms with E-state index in [1.807, 2.05) is 18.2 Å². The zero-order valence-corrected chi connectivity index (χ0v) is 11.9. The topological polar surface area (TPSA) is 21.3 Å². The Morgan fingerprint density at radius 3 is 2.70 bits per heavy atom. The summed E-state index contributed by atoms with van der Waals surface area (Å²) in [6.07, 6.45) is 1.75. The van der Waals surface area contributed by atoms with E-state index in [1.54, 1.807) is 6.08 Å². The van der Waals surface area contributed by atoms with Crippen molar-refractivity contribution < 1.29 is 4.74 Å². The quantitative estimate of drug-likeness (QED) is 0.762. The first-order chi connectivity index (χ1) is 9.79. The van der Waals surface area contributed by atoms with Crippen LogP contribution in [0.25, 0.3) is 0 Å². The van der Waals surface area contributed by atoms with Crippen molar-refractivity contribution >= 4 is 0 Å². The number of hydrogen-bond acceptors (Lipinski definition) is 2. The van der Waals surface area contributed by atoms with Crippen LogP contribution >= 0.6 is 0 Å². The Balaban J connectivity index is 1.92. The second kappa shape index (κ2) is 7.51. The summed E-state index contributed by atoms with van der Waals surface area (Å²) in [6, 6.07) is 18.9. The number of benzene rings is 2. The summed E-state index contributed by atoms with van der Waals surface area (Å²) in [5, 5.41) is 3.52. The second-order valence-electron chi connectivity index (χ2n) is 4.76. The van der Waals surface area contributed by atoms with Crippen LogP contribution in [-0.2, 0) is 6.54 Å². The van der Waals surface area contributed by atoms with Gasteiger partial charge in [0.2, 0.25) is 0 Å². The van der Waals surface area contributed by atoms with Gasteiger partial charge in [-0.05, 0) is 30.2 Å². The number of nitrogens with one attached hydrogen (secondary N) is 1. The van der Waals surface area contributed by atoms with Crippen LogP contribution in [0.4, 0.5) is 0 Å². The predicted octanol–water partition coefficient (Wildman–Crippen LogP) is 4.10. The van der Waals surface area contributed by atoms with Crippen molar-refractivity contribution in [3.8, 4) is 5.75 Å². The van der Waals surface area contributed by atoms with E-state index in [9.17, 15) is 0 Å². The van der Waals surface area contributed by atoms with E-state index in [0.29, 0.717) is 12.6 Å². The van der Waals surface area contributed by atoms with Gasteiger partial charge in [0.15, 0.2) is 0 Å². The minimum atomic E-state index is 0.328. The molecule has 0 aliphatic rings. The maximum atomic E-state index is 5.54. The lowest BCUT2D eigenvalue weighted by atomic mass is 10.1. The fraction of sp³-hybridized carbons (Fsp3) is 0.222. The first-order valence-electron chi connectivity index (χ1n) is 6.90. The lowest BCUT2D eigenvalue weighted by molar-refractivity contribution is 0.362. The van der Waals surface area contributed by atoms with Crippen LogP contribution < -0.4 is 10.1 Å². The van der Waals surface area contributed by atoms with Crippen molar-refractivity contribution in [1.82, 2.24) is 5.32 Å². The monoisotopic (exact) mass is 267 g/mol. The molecule has 0 bridgehead atoms. The molecular formula is C18H21NO. The fourth-order valence-corrected chi connectivity index (χ4v) is 2.03. The molecule has 0 aliphatic heterocycles. The van der Waals surface area contributed by atoms with Gasteiger partial charge >= 0.3 is 0 Å². The van der Waals surface area contributed by atoms with Crippen molar-refractivity contribution in [2.24, 2.45) is 0 Å². The first-order valence-corrected chi connectivity index (χ1v) is 6.90. The van der Waals surface area contributed by atoms with Crippen LogP contribution in [0.2, 0.25) is 0 Å². The fourth-order valence-electron chi connectivity index (χ4n) is 2.03. The van der Waals surface area contributed by atoms with E-state index in [2.05, 4.69) is 55.2 Å². The summed E-state index contributed by atoms with van der Waals surface area (Å²) in [4.78, 5) is 0. The molecule has 1 atom stereocenters. The number of hydrogen-bond donors (Lipinski definition) is 1. The Hall–Kier alpha value is -2.06. The third-order valence-electron chi connectivity index (χ3n) is 3.18. The molecule has 0 radical (unpaired) electrons. The van der Waals surface area contributed by atoms with Crippen molar-refractivity contribution in [3.05, 3.63) is 78.4 Å². The molecule has 0 saturated carbocycles. The molecule has 104 valence electrons. The van der Waals surface area contributed by atoms with E-state index >= 15 is 0 Å². The Kier molecular flexibility index (Phi) is 5.39. The van der Waals surface area contributed by atoms with Crippen LogP contribution in [0.15, 0.2) is 67.3 Å². The second-order valence-corrected chi connectivity index (χ2v) is 4.76. The van der Waals surface area contributed by atoms with Gasteiger partial charge < -0.3 is 10.1 Å². The third-order valence-corrected chi connectivity index (χ3v) is 3.18. The third kappa shape index (κ3) is 4.25. The lowest BCUT2D eigenvalue weighted by Crippen LogP contribution is -2.17. The van der Waals surface area contributed by atoms with E-state index in [4.69, 9.17) is 4.74 Å². The zero-order valence-electron chi connectivity index (χ0n) is 11.9. The lowest BCUT2D eigenvalue weighted by Gasteiger charge is -2.14. The summed E-state index contributed by atoms with van der Waals surface area (Å²) in [5.74, 6) is 0.886. The van der Waals surface area contributed by atoms with Gasteiger partial charge in [-0.3, -0.25) is 0 Å². The summed E-state index contributed by atoms with van der Waals surface area (Å²) in [6.45, 7) is 7.19. The van der Waals surface area contributed by atoms with Crippen LogP contribution in [0, 0.1) is 0 Å². The van der Waals surface area contributed by atoms with E-state index in [-0.39, 0.29) is 0 Å². The highest BCUT2D eigenvalue weighted by Gasteiger charge is 2.04. The molecule has 0 spiro atoms. The van der Waals surface area contributed by atoms with Crippen LogP contribution in [0.1, 0.15) is 24.1 Å². The average Bonchev–Trinajstić information content (AvgIpc) is 2.52. The maximum absolute atomic E-state index is 5.54. The molecule has 2 heteroatoms.